The molecule has 0 radical (unpaired) electrons. The van der Waals surface area contributed by atoms with Gasteiger partial charge < -0.3 is 5.73 Å². The maximum absolute atomic E-state index is 6.00. The molecule has 2 N–H and O–H groups in total. The molecule has 0 bridgehead atoms. The second-order valence-electron chi connectivity index (χ2n) is 4.95. The first-order valence-electron chi connectivity index (χ1n) is 6.53. The average molecular weight is 243 g/mol. The van der Waals surface area contributed by atoms with Crippen molar-refractivity contribution in [2.24, 2.45) is 5.73 Å². The molecule has 0 aliphatic carbocycles. The van der Waals surface area contributed by atoms with E-state index in [0.29, 0.717) is 5.92 Å². The molecular formula is C15H21N3. The fourth-order valence-electron chi connectivity index (χ4n) is 1.90. The van der Waals surface area contributed by atoms with Crippen LogP contribution in [0.1, 0.15) is 50.4 Å². The lowest BCUT2D eigenvalue weighted by Crippen LogP contribution is -2.08. The van der Waals surface area contributed by atoms with Crippen LogP contribution < -0.4 is 5.73 Å². The lowest BCUT2D eigenvalue weighted by Gasteiger charge is -2.10. The summed E-state index contributed by atoms with van der Waals surface area (Å²) >= 11 is 0. The largest absolute Gasteiger partial charge is 0.324 e. The number of nitrogens with zero attached hydrogens (tertiary/aromatic N) is 2. The maximum atomic E-state index is 6.00. The summed E-state index contributed by atoms with van der Waals surface area (Å²) in [6, 6.07) is 10.5. The van der Waals surface area contributed by atoms with E-state index in [1.54, 1.807) is 0 Å². The first-order chi connectivity index (χ1) is 8.61. The van der Waals surface area contributed by atoms with Gasteiger partial charge in [0, 0.05) is 12.2 Å². The molecule has 2 rings (SSSR count). The van der Waals surface area contributed by atoms with Crippen molar-refractivity contribution in [3.05, 3.63) is 47.8 Å². The Morgan fingerprint density at radius 1 is 1.17 bits per heavy atom. The monoisotopic (exact) mass is 243 g/mol. The summed E-state index contributed by atoms with van der Waals surface area (Å²) in [5.74, 6) is 0.457. The summed E-state index contributed by atoms with van der Waals surface area (Å²) < 4.78 is 1.91. The SMILES string of the molecule is CC[C@H](N)c1ccc(-n2ccc(C(C)C)n2)cc1. The summed E-state index contributed by atoms with van der Waals surface area (Å²) in [5.41, 5.74) is 9.38. The minimum Gasteiger partial charge on any atom is -0.324 e. The van der Waals surface area contributed by atoms with Crippen molar-refractivity contribution in [3.8, 4) is 5.69 Å². The molecular weight excluding hydrogens is 222 g/mol. The zero-order valence-corrected chi connectivity index (χ0v) is 11.3. The van der Waals surface area contributed by atoms with Crippen LogP contribution in [0, 0.1) is 0 Å². The van der Waals surface area contributed by atoms with E-state index in [2.05, 4.69) is 56.2 Å². The average Bonchev–Trinajstić information content (AvgIpc) is 2.88. The van der Waals surface area contributed by atoms with E-state index >= 15 is 0 Å². The van der Waals surface area contributed by atoms with Gasteiger partial charge in [-0.1, -0.05) is 32.9 Å². The highest BCUT2D eigenvalue weighted by Crippen LogP contribution is 2.17. The predicted octanol–water partition coefficient (Wildman–Crippen LogP) is 3.41. The molecule has 96 valence electrons. The van der Waals surface area contributed by atoms with Crippen LogP contribution in [0.4, 0.5) is 0 Å². The molecule has 0 aliphatic heterocycles. The van der Waals surface area contributed by atoms with Gasteiger partial charge in [0.25, 0.3) is 0 Å². The van der Waals surface area contributed by atoms with Crippen LogP contribution in [0.5, 0.6) is 0 Å². The fourth-order valence-corrected chi connectivity index (χ4v) is 1.90. The quantitative estimate of drug-likeness (QED) is 0.894. The second kappa shape index (κ2) is 5.36. The van der Waals surface area contributed by atoms with E-state index in [4.69, 9.17) is 5.73 Å². The number of rotatable bonds is 4. The van der Waals surface area contributed by atoms with Crippen LogP contribution in [-0.2, 0) is 0 Å². The molecule has 0 saturated carbocycles. The molecule has 0 amide bonds. The highest BCUT2D eigenvalue weighted by Gasteiger charge is 2.06. The molecule has 1 aromatic carbocycles. The van der Waals surface area contributed by atoms with Gasteiger partial charge in [0.1, 0.15) is 0 Å². The van der Waals surface area contributed by atoms with E-state index < -0.39 is 0 Å². The van der Waals surface area contributed by atoms with E-state index in [1.807, 2.05) is 10.9 Å². The highest BCUT2D eigenvalue weighted by molar-refractivity contribution is 5.35. The van der Waals surface area contributed by atoms with Gasteiger partial charge in [0.2, 0.25) is 0 Å². The molecule has 2 aromatic rings. The van der Waals surface area contributed by atoms with E-state index in [-0.39, 0.29) is 6.04 Å². The molecule has 3 nitrogen and oxygen atoms in total. The van der Waals surface area contributed by atoms with Crippen LogP contribution in [0.15, 0.2) is 36.5 Å². The van der Waals surface area contributed by atoms with E-state index in [0.717, 1.165) is 17.8 Å². The van der Waals surface area contributed by atoms with Crippen molar-refractivity contribution in [1.82, 2.24) is 9.78 Å². The van der Waals surface area contributed by atoms with Gasteiger partial charge in [-0.15, -0.1) is 0 Å². The summed E-state index contributed by atoms with van der Waals surface area (Å²) in [7, 11) is 0. The van der Waals surface area contributed by atoms with Crippen molar-refractivity contribution >= 4 is 0 Å². The standard InChI is InChI=1S/C15H21N3/c1-4-14(16)12-5-7-13(8-6-12)18-10-9-15(17-18)11(2)3/h5-11,14H,4,16H2,1-3H3/t14-/m0/s1. The minimum atomic E-state index is 0.128. The molecule has 0 aliphatic rings. The zero-order valence-electron chi connectivity index (χ0n) is 11.3. The third-order valence-corrected chi connectivity index (χ3v) is 3.23. The van der Waals surface area contributed by atoms with Crippen molar-refractivity contribution in [1.29, 1.82) is 0 Å². The fraction of sp³-hybridized carbons (Fsp3) is 0.400. The molecule has 1 aromatic heterocycles. The maximum Gasteiger partial charge on any atom is 0.0654 e. The Hall–Kier alpha value is -1.61. The molecule has 0 unspecified atom stereocenters. The molecule has 0 spiro atoms. The summed E-state index contributed by atoms with van der Waals surface area (Å²) in [4.78, 5) is 0. The number of benzene rings is 1. The zero-order chi connectivity index (χ0) is 13.1. The van der Waals surface area contributed by atoms with Gasteiger partial charge >= 0.3 is 0 Å². The van der Waals surface area contributed by atoms with Crippen LogP contribution in [-0.4, -0.2) is 9.78 Å². The topological polar surface area (TPSA) is 43.8 Å². The third-order valence-electron chi connectivity index (χ3n) is 3.23. The van der Waals surface area contributed by atoms with E-state index in [9.17, 15) is 0 Å². The lowest BCUT2D eigenvalue weighted by molar-refractivity contribution is 0.698. The smallest absolute Gasteiger partial charge is 0.0654 e. The van der Waals surface area contributed by atoms with Crippen molar-refractivity contribution in [2.75, 3.05) is 0 Å². The molecule has 18 heavy (non-hydrogen) atoms. The van der Waals surface area contributed by atoms with Crippen LogP contribution >= 0.6 is 0 Å². The third kappa shape index (κ3) is 2.62. The number of nitrogens with two attached hydrogens (primary N) is 1. The summed E-state index contributed by atoms with van der Waals surface area (Å²) in [6.45, 7) is 6.40. The van der Waals surface area contributed by atoms with Crippen molar-refractivity contribution in [3.63, 3.8) is 0 Å². The van der Waals surface area contributed by atoms with Crippen LogP contribution in [0.25, 0.3) is 5.69 Å². The molecule has 1 atom stereocenters. The lowest BCUT2D eigenvalue weighted by atomic mass is 10.1. The second-order valence-corrected chi connectivity index (χ2v) is 4.95. The Morgan fingerprint density at radius 3 is 2.33 bits per heavy atom. The Kier molecular flexibility index (Phi) is 3.82. The van der Waals surface area contributed by atoms with Crippen LogP contribution in [0.3, 0.4) is 0 Å². The molecule has 0 saturated heterocycles. The normalized spacial score (nSPS) is 12.9. The molecule has 1 heterocycles. The Morgan fingerprint density at radius 2 is 1.83 bits per heavy atom. The van der Waals surface area contributed by atoms with Gasteiger partial charge in [-0.2, -0.15) is 5.10 Å². The Labute approximate surface area is 109 Å². The van der Waals surface area contributed by atoms with Gasteiger partial charge in [0.05, 0.1) is 11.4 Å². The Bertz CT molecular complexity index is 497. The summed E-state index contributed by atoms with van der Waals surface area (Å²) in [5, 5.41) is 4.56. The summed E-state index contributed by atoms with van der Waals surface area (Å²) in [6.07, 6.45) is 2.96. The highest BCUT2D eigenvalue weighted by atomic mass is 15.3. The van der Waals surface area contributed by atoms with Gasteiger partial charge in [0.15, 0.2) is 0 Å². The van der Waals surface area contributed by atoms with Gasteiger partial charge in [-0.25, -0.2) is 4.68 Å². The molecule has 3 heteroatoms. The van der Waals surface area contributed by atoms with Crippen LogP contribution in [0.2, 0.25) is 0 Å². The number of hydrogen-bond acceptors (Lipinski definition) is 2. The number of hydrogen-bond donors (Lipinski definition) is 1. The van der Waals surface area contributed by atoms with Crippen molar-refractivity contribution < 1.29 is 0 Å². The Balaban J connectivity index is 2.23. The van der Waals surface area contributed by atoms with Crippen molar-refractivity contribution in [2.45, 2.75) is 39.2 Å². The first kappa shape index (κ1) is 12.8. The van der Waals surface area contributed by atoms with E-state index in [1.165, 1.54) is 5.56 Å². The predicted molar refractivity (Wildman–Crippen MR) is 74.9 cm³/mol. The number of aromatic nitrogens is 2. The van der Waals surface area contributed by atoms with Gasteiger partial charge in [-0.3, -0.25) is 0 Å². The van der Waals surface area contributed by atoms with Gasteiger partial charge in [-0.05, 0) is 36.1 Å². The molecule has 0 fully saturated rings. The first-order valence-corrected chi connectivity index (χ1v) is 6.53. The minimum absolute atomic E-state index is 0.128.